The van der Waals surface area contributed by atoms with Crippen LogP contribution in [0.4, 0.5) is 0 Å². The van der Waals surface area contributed by atoms with E-state index in [1.807, 2.05) is 42.6 Å². The van der Waals surface area contributed by atoms with Crippen LogP contribution in [0.3, 0.4) is 0 Å². The van der Waals surface area contributed by atoms with E-state index in [2.05, 4.69) is 9.88 Å². The quantitative estimate of drug-likeness (QED) is 0.876. The van der Waals surface area contributed by atoms with Crippen LogP contribution in [0.25, 0.3) is 0 Å². The molecule has 1 aliphatic heterocycles. The summed E-state index contributed by atoms with van der Waals surface area (Å²) in [6.07, 6.45) is 5.70. The van der Waals surface area contributed by atoms with Gasteiger partial charge >= 0.3 is 5.97 Å². The second-order valence-corrected chi connectivity index (χ2v) is 6.79. The molecule has 0 aliphatic carbocycles. The molecule has 5 heteroatoms. The fourth-order valence-electron chi connectivity index (χ4n) is 3.68. The van der Waals surface area contributed by atoms with E-state index in [9.17, 15) is 9.90 Å². The number of rotatable bonds is 6. The fourth-order valence-corrected chi connectivity index (χ4v) is 3.68. The van der Waals surface area contributed by atoms with Gasteiger partial charge in [-0.1, -0.05) is 18.2 Å². The van der Waals surface area contributed by atoms with Crippen LogP contribution in [0.5, 0.6) is 5.75 Å². The smallest absolute Gasteiger partial charge is 0.311 e. The van der Waals surface area contributed by atoms with Gasteiger partial charge in [0.2, 0.25) is 0 Å². The zero-order valence-corrected chi connectivity index (χ0v) is 14.5. The Bertz CT molecular complexity index is 720. The lowest BCUT2D eigenvalue weighted by Crippen LogP contribution is -2.48. The van der Waals surface area contributed by atoms with Crippen molar-refractivity contribution >= 4 is 5.97 Å². The molecule has 5 nitrogen and oxygen atoms in total. The topological polar surface area (TPSA) is 62.7 Å². The molecule has 0 bridgehead atoms. The molecule has 0 amide bonds. The number of methoxy groups -OCH3 is 1. The number of piperidine rings is 1. The summed E-state index contributed by atoms with van der Waals surface area (Å²) >= 11 is 0. The molecule has 1 N–H and O–H groups in total. The second-order valence-electron chi connectivity index (χ2n) is 6.79. The number of aliphatic carboxylic acids is 1. The summed E-state index contributed by atoms with van der Waals surface area (Å²) in [5, 5.41) is 9.99. The number of hydrogen-bond acceptors (Lipinski definition) is 4. The van der Waals surface area contributed by atoms with Gasteiger partial charge in [0.1, 0.15) is 5.75 Å². The van der Waals surface area contributed by atoms with Crippen molar-refractivity contribution < 1.29 is 14.6 Å². The lowest BCUT2D eigenvalue weighted by atomic mass is 9.75. The third kappa shape index (κ3) is 4.17. The van der Waals surface area contributed by atoms with Gasteiger partial charge in [0.05, 0.1) is 12.5 Å². The molecule has 0 radical (unpaired) electrons. The Morgan fingerprint density at radius 1 is 1.32 bits per heavy atom. The normalized spacial score (nSPS) is 21.0. The first-order valence-corrected chi connectivity index (χ1v) is 8.59. The van der Waals surface area contributed by atoms with Gasteiger partial charge in [-0.05, 0) is 55.1 Å². The van der Waals surface area contributed by atoms with E-state index in [-0.39, 0.29) is 0 Å². The highest BCUT2D eigenvalue weighted by atomic mass is 16.5. The average Bonchev–Trinajstić information content (AvgIpc) is 2.63. The molecule has 1 saturated heterocycles. The van der Waals surface area contributed by atoms with Crippen LogP contribution in [-0.4, -0.2) is 41.2 Å². The van der Waals surface area contributed by atoms with Gasteiger partial charge < -0.3 is 9.84 Å². The monoisotopic (exact) mass is 340 g/mol. The minimum atomic E-state index is -0.757. The summed E-state index contributed by atoms with van der Waals surface area (Å²) in [6, 6.07) is 11.7. The van der Waals surface area contributed by atoms with Gasteiger partial charge in [0.25, 0.3) is 0 Å². The summed E-state index contributed by atoms with van der Waals surface area (Å²) in [5.74, 6) is 0.0484. The van der Waals surface area contributed by atoms with Crippen LogP contribution in [0.15, 0.2) is 48.8 Å². The molecule has 1 atom stereocenters. The van der Waals surface area contributed by atoms with Gasteiger partial charge in [0.15, 0.2) is 0 Å². The Balaban J connectivity index is 1.77. The van der Waals surface area contributed by atoms with Crippen LogP contribution >= 0.6 is 0 Å². The zero-order chi connectivity index (χ0) is 17.7. The van der Waals surface area contributed by atoms with Gasteiger partial charge in [-0.15, -0.1) is 0 Å². The number of carbonyl (C=O) groups is 1. The van der Waals surface area contributed by atoms with Crippen LogP contribution in [0, 0.1) is 5.41 Å². The van der Waals surface area contributed by atoms with E-state index in [0.717, 1.165) is 36.4 Å². The van der Waals surface area contributed by atoms with E-state index >= 15 is 0 Å². The lowest BCUT2D eigenvalue weighted by molar-refractivity contribution is -0.152. The Hall–Kier alpha value is -2.40. The van der Waals surface area contributed by atoms with Crippen molar-refractivity contribution in [1.29, 1.82) is 0 Å². The first kappa shape index (κ1) is 17.4. The molecule has 0 spiro atoms. The number of benzene rings is 1. The van der Waals surface area contributed by atoms with Crippen LogP contribution in [0.2, 0.25) is 0 Å². The Labute approximate surface area is 148 Å². The van der Waals surface area contributed by atoms with Crippen molar-refractivity contribution in [2.45, 2.75) is 25.8 Å². The third-order valence-corrected chi connectivity index (χ3v) is 4.92. The molecule has 1 fully saturated rings. The lowest BCUT2D eigenvalue weighted by Gasteiger charge is -2.40. The zero-order valence-electron chi connectivity index (χ0n) is 14.5. The minimum absolute atomic E-state index is 0.517. The van der Waals surface area contributed by atoms with Crippen molar-refractivity contribution in [3.8, 4) is 5.75 Å². The number of aromatic nitrogens is 1. The third-order valence-electron chi connectivity index (χ3n) is 4.92. The van der Waals surface area contributed by atoms with E-state index in [1.165, 1.54) is 0 Å². The summed E-state index contributed by atoms with van der Waals surface area (Å²) < 4.78 is 5.27. The number of hydrogen-bond donors (Lipinski definition) is 1. The summed E-state index contributed by atoms with van der Waals surface area (Å²) in [7, 11) is 1.63. The largest absolute Gasteiger partial charge is 0.497 e. The highest BCUT2D eigenvalue weighted by Crippen LogP contribution is 2.35. The first-order chi connectivity index (χ1) is 12.1. The summed E-state index contributed by atoms with van der Waals surface area (Å²) in [6.45, 7) is 2.21. The molecular weight excluding hydrogens is 316 g/mol. The van der Waals surface area contributed by atoms with Gasteiger partial charge in [-0.2, -0.15) is 0 Å². The van der Waals surface area contributed by atoms with Gasteiger partial charge in [-0.3, -0.25) is 14.7 Å². The molecule has 1 unspecified atom stereocenters. The van der Waals surface area contributed by atoms with Crippen molar-refractivity contribution in [2.24, 2.45) is 5.41 Å². The van der Waals surface area contributed by atoms with Crippen LogP contribution in [-0.2, 0) is 17.8 Å². The Morgan fingerprint density at radius 2 is 2.16 bits per heavy atom. The molecule has 3 rings (SSSR count). The number of pyridine rings is 1. The number of nitrogens with zero attached hydrogens (tertiary/aromatic N) is 2. The molecule has 25 heavy (non-hydrogen) atoms. The molecule has 2 heterocycles. The van der Waals surface area contributed by atoms with E-state index in [1.54, 1.807) is 13.3 Å². The van der Waals surface area contributed by atoms with Gasteiger partial charge in [-0.25, -0.2) is 0 Å². The second kappa shape index (κ2) is 7.66. The summed E-state index contributed by atoms with van der Waals surface area (Å²) in [5.41, 5.74) is 1.36. The molecule has 1 aromatic carbocycles. The predicted octanol–water partition coefficient (Wildman–Crippen LogP) is 3.00. The number of carboxylic acid groups (broad SMARTS) is 1. The molecular formula is C20H24N2O3. The molecule has 132 valence electrons. The molecule has 1 aromatic heterocycles. The number of likely N-dealkylation sites (tertiary alicyclic amines) is 1. The van der Waals surface area contributed by atoms with E-state index < -0.39 is 11.4 Å². The van der Waals surface area contributed by atoms with Crippen molar-refractivity contribution in [1.82, 2.24) is 9.88 Å². The molecule has 1 aliphatic rings. The molecule has 2 aromatic rings. The van der Waals surface area contributed by atoms with Gasteiger partial charge in [0, 0.05) is 25.5 Å². The highest BCUT2D eigenvalue weighted by molar-refractivity contribution is 5.75. The maximum atomic E-state index is 12.2. The van der Waals surface area contributed by atoms with Crippen LogP contribution in [0.1, 0.15) is 24.0 Å². The Kier molecular flexibility index (Phi) is 5.34. The number of carboxylic acids is 1. The maximum Gasteiger partial charge on any atom is 0.311 e. The van der Waals surface area contributed by atoms with E-state index in [0.29, 0.717) is 19.4 Å². The molecule has 0 saturated carbocycles. The predicted molar refractivity (Wildman–Crippen MR) is 95.5 cm³/mol. The van der Waals surface area contributed by atoms with Crippen molar-refractivity contribution in [3.63, 3.8) is 0 Å². The first-order valence-electron chi connectivity index (χ1n) is 8.59. The minimum Gasteiger partial charge on any atom is -0.497 e. The maximum absolute atomic E-state index is 12.2. The average molecular weight is 340 g/mol. The van der Waals surface area contributed by atoms with Crippen LogP contribution < -0.4 is 4.74 Å². The standard InChI is InChI=1S/C20H24N2O3/c1-25-18-7-2-5-16(11-18)12-20(19(23)24)8-4-10-22(15-20)14-17-6-3-9-21-13-17/h2-3,5-7,9,11,13H,4,8,10,12,14-15H2,1H3,(H,23,24). The Morgan fingerprint density at radius 3 is 2.88 bits per heavy atom. The highest BCUT2D eigenvalue weighted by Gasteiger charge is 2.42. The number of ether oxygens (including phenoxy) is 1. The van der Waals surface area contributed by atoms with Crippen molar-refractivity contribution in [3.05, 3.63) is 59.9 Å². The SMILES string of the molecule is COc1cccc(CC2(C(=O)O)CCCN(Cc3cccnc3)C2)c1. The van der Waals surface area contributed by atoms with E-state index in [4.69, 9.17) is 4.74 Å². The summed E-state index contributed by atoms with van der Waals surface area (Å²) in [4.78, 5) is 18.5. The fraction of sp³-hybridized carbons (Fsp3) is 0.400. The van der Waals surface area contributed by atoms with Crippen molar-refractivity contribution in [2.75, 3.05) is 20.2 Å².